The fraction of sp³-hybridized carbons (Fsp3) is 0.143. The molecule has 0 fully saturated rings. The Morgan fingerprint density at radius 3 is 2.71 bits per heavy atom. The van der Waals surface area contributed by atoms with E-state index in [4.69, 9.17) is 0 Å². The zero-order valence-corrected chi connectivity index (χ0v) is 15.0. The molecule has 0 bridgehead atoms. The van der Waals surface area contributed by atoms with Crippen LogP contribution >= 0.6 is 0 Å². The van der Waals surface area contributed by atoms with Crippen LogP contribution < -0.4 is 5.56 Å². The van der Waals surface area contributed by atoms with Crippen molar-refractivity contribution in [3.05, 3.63) is 82.2 Å². The number of carbonyl (C=O) groups is 1. The predicted octanol–water partition coefficient (Wildman–Crippen LogP) is 2.51. The summed E-state index contributed by atoms with van der Waals surface area (Å²) in [7, 11) is 0. The van der Waals surface area contributed by atoms with Gasteiger partial charge in [-0.1, -0.05) is 18.2 Å². The molecule has 1 amide bonds. The summed E-state index contributed by atoms with van der Waals surface area (Å²) in [5.74, 6) is 0.403. The van der Waals surface area contributed by atoms with Crippen LogP contribution in [-0.4, -0.2) is 37.3 Å². The van der Waals surface area contributed by atoms with Crippen LogP contribution in [0.3, 0.4) is 0 Å². The molecule has 4 heterocycles. The lowest BCUT2D eigenvalue weighted by atomic mass is 10.1. The van der Waals surface area contributed by atoms with Gasteiger partial charge >= 0.3 is 0 Å². The van der Waals surface area contributed by atoms with E-state index in [1.807, 2.05) is 30.3 Å². The minimum Gasteiger partial charge on any atom is -0.351 e. The van der Waals surface area contributed by atoms with E-state index < -0.39 is 0 Å². The largest absolute Gasteiger partial charge is 0.351 e. The number of aromatic amines is 2. The van der Waals surface area contributed by atoms with E-state index in [2.05, 4.69) is 19.9 Å². The third kappa shape index (κ3) is 2.77. The van der Waals surface area contributed by atoms with Gasteiger partial charge in [0.2, 0.25) is 0 Å². The number of amides is 1. The van der Waals surface area contributed by atoms with Crippen LogP contribution in [0.2, 0.25) is 0 Å². The number of hydrogen-bond acceptors (Lipinski definition) is 4. The van der Waals surface area contributed by atoms with Crippen LogP contribution in [0, 0.1) is 0 Å². The molecule has 1 aromatic carbocycles. The average Bonchev–Trinajstić information content (AvgIpc) is 3.17. The smallest absolute Gasteiger partial charge is 0.270 e. The number of benzene rings is 1. The summed E-state index contributed by atoms with van der Waals surface area (Å²) in [5, 5.41) is 0.998. The quantitative estimate of drug-likeness (QED) is 0.566. The Kier molecular flexibility index (Phi) is 3.79. The number of para-hydroxylation sites is 1. The molecule has 5 rings (SSSR count). The number of nitrogens with zero attached hydrogens (tertiary/aromatic N) is 3. The summed E-state index contributed by atoms with van der Waals surface area (Å²) >= 11 is 0. The Morgan fingerprint density at radius 1 is 1.07 bits per heavy atom. The van der Waals surface area contributed by atoms with Gasteiger partial charge in [0.1, 0.15) is 11.5 Å². The molecule has 28 heavy (non-hydrogen) atoms. The zero-order chi connectivity index (χ0) is 19.1. The van der Waals surface area contributed by atoms with E-state index in [1.54, 1.807) is 29.4 Å². The molecule has 7 heteroatoms. The topological polar surface area (TPSA) is 94.7 Å². The first-order chi connectivity index (χ1) is 13.7. The van der Waals surface area contributed by atoms with E-state index in [0.29, 0.717) is 42.3 Å². The number of H-pyrrole nitrogens is 2. The normalized spacial score (nSPS) is 13.5. The molecule has 3 aromatic heterocycles. The number of hydrogen-bond donors (Lipinski definition) is 2. The lowest BCUT2D eigenvalue weighted by Crippen LogP contribution is -2.39. The van der Waals surface area contributed by atoms with E-state index in [1.165, 1.54) is 0 Å². The predicted molar refractivity (Wildman–Crippen MR) is 105 cm³/mol. The summed E-state index contributed by atoms with van der Waals surface area (Å²) in [6.45, 7) is 0.798. The van der Waals surface area contributed by atoms with Crippen LogP contribution in [0.4, 0.5) is 0 Å². The zero-order valence-electron chi connectivity index (χ0n) is 15.0. The highest BCUT2D eigenvalue weighted by Crippen LogP contribution is 2.21. The van der Waals surface area contributed by atoms with Crippen molar-refractivity contribution in [3.8, 4) is 11.4 Å². The van der Waals surface area contributed by atoms with Crippen molar-refractivity contribution in [2.45, 2.75) is 13.0 Å². The third-order valence-corrected chi connectivity index (χ3v) is 5.07. The standard InChI is InChI=1S/C21H17N5O2/c27-20-15-7-10-26(21(28)17-11-14-3-1-2-4-16(14)23-17)12-18(15)24-19(25-20)13-5-8-22-9-6-13/h1-6,8-9,11,23H,7,10,12H2,(H,24,25,27). The van der Waals surface area contributed by atoms with E-state index in [0.717, 1.165) is 16.5 Å². The summed E-state index contributed by atoms with van der Waals surface area (Å²) in [5.41, 5.74) is 3.41. The molecule has 4 aromatic rings. The highest BCUT2D eigenvalue weighted by Gasteiger charge is 2.26. The van der Waals surface area contributed by atoms with Gasteiger partial charge in [-0.05, 0) is 30.7 Å². The van der Waals surface area contributed by atoms with Gasteiger partial charge in [0.05, 0.1) is 12.2 Å². The van der Waals surface area contributed by atoms with Gasteiger partial charge in [-0.2, -0.15) is 0 Å². The Bertz CT molecular complexity index is 1210. The number of rotatable bonds is 2. The van der Waals surface area contributed by atoms with E-state index in [9.17, 15) is 9.59 Å². The average molecular weight is 371 g/mol. The molecule has 0 saturated carbocycles. The van der Waals surface area contributed by atoms with Gasteiger partial charge in [0, 0.05) is 41.0 Å². The third-order valence-electron chi connectivity index (χ3n) is 5.07. The van der Waals surface area contributed by atoms with Crippen LogP contribution in [0.5, 0.6) is 0 Å². The van der Waals surface area contributed by atoms with Gasteiger partial charge in [0.25, 0.3) is 11.5 Å². The molecule has 1 aliphatic heterocycles. The molecule has 0 spiro atoms. The van der Waals surface area contributed by atoms with Crippen molar-refractivity contribution >= 4 is 16.8 Å². The van der Waals surface area contributed by atoms with Crippen LogP contribution in [-0.2, 0) is 13.0 Å². The molecule has 2 N–H and O–H groups in total. The molecule has 7 nitrogen and oxygen atoms in total. The van der Waals surface area contributed by atoms with Gasteiger partial charge in [-0.3, -0.25) is 14.6 Å². The fourth-order valence-electron chi connectivity index (χ4n) is 3.62. The van der Waals surface area contributed by atoms with Crippen LogP contribution in [0.1, 0.15) is 21.7 Å². The van der Waals surface area contributed by atoms with Crippen molar-refractivity contribution in [1.29, 1.82) is 0 Å². The summed E-state index contributed by atoms with van der Waals surface area (Å²) < 4.78 is 0. The summed E-state index contributed by atoms with van der Waals surface area (Å²) in [6.07, 6.45) is 3.79. The Balaban J connectivity index is 1.48. The molecule has 0 radical (unpaired) electrons. The number of aromatic nitrogens is 4. The van der Waals surface area contributed by atoms with Gasteiger partial charge < -0.3 is 14.9 Å². The molecule has 0 unspecified atom stereocenters. The number of pyridine rings is 1. The maximum absolute atomic E-state index is 13.0. The molecular weight excluding hydrogens is 354 g/mol. The second-order valence-corrected chi connectivity index (χ2v) is 6.82. The number of carbonyl (C=O) groups excluding carboxylic acids is 1. The van der Waals surface area contributed by atoms with Crippen molar-refractivity contribution in [2.75, 3.05) is 6.54 Å². The van der Waals surface area contributed by atoms with Gasteiger partial charge in [-0.15, -0.1) is 0 Å². The minimum atomic E-state index is -0.144. The first-order valence-corrected chi connectivity index (χ1v) is 9.08. The SMILES string of the molecule is O=C(c1cc2ccccc2[nH]1)N1CCc2c(nc(-c3ccncc3)[nH]c2=O)C1. The Hall–Kier alpha value is -3.74. The van der Waals surface area contributed by atoms with Gasteiger partial charge in [-0.25, -0.2) is 4.98 Å². The van der Waals surface area contributed by atoms with E-state index >= 15 is 0 Å². The van der Waals surface area contributed by atoms with Crippen LogP contribution in [0.15, 0.2) is 59.7 Å². The molecule has 0 aliphatic carbocycles. The molecular formula is C21H17N5O2. The lowest BCUT2D eigenvalue weighted by molar-refractivity contribution is 0.0726. The van der Waals surface area contributed by atoms with Gasteiger partial charge in [0.15, 0.2) is 0 Å². The van der Waals surface area contributed by atoms with Crippen LogP contribution in [0.25, 0.3) is 22.3 Å². The number of nitrogens with one attached hydrogen (secondary N) is 2. The maximum atomic E-state index is 13.0. The van der Waals surface area contributed by atoms with E-state index in [-0.39, 0.29) is 11.5 Å². The molecule has 138 valence electrons. The maximum Gasteiger partial charge on any atom is 0.270 e. The minimum absolute atomic E-state index is 0.0885. The monoisotopic (exact) mass is 371 g/mol. The Morgan fingerprint density at radius 2 is 1.89 bits per heavy atom. The molecule has 0 atom stereocenters. The fourth-order valence-corrected chi connectivity index (χ4v) is 3.62. The lowest BCUT2D eigenvalue weighted by Gasteiger charge is -2.27. The summed E-state index contributed by atoms with van der Waals surface area (Å²) in [6, 6.07) is 13.2. The van der Waals surface area contributed by atoms with Crippen molar-refractivity contribution in [3.63, 3.8) is 0 Å². The highest BCUT2D eigenvalue weighted by atomic mass is 16.2. The number of fused-ring (bicyclic) bond motifs is 2. The van der Waals surface area contributed by atoms with Crippen molar-refractivity contribution in [1.82, 2.24) is 24.8 Å². The second kappa shape index (κ2) is 6.45. The van der Waals surface area contributed by atoms with Crippen molar-refractivity contribution < 1.29 is 4.79 Å². The Labute approximate surface area is 160 Å². The summed E-state index contributed by atoms with van der Waals surface area (Å²) in [4.78, 5) is 41.9. The van der Waals surface area contributed by atoms with Crippen molar-refractivity contribution in [2.24, 2.45) is 0 Å². The first-order valence-electron chi connectivity index (χ1n) is 9.08. The molecule has 0 saturated heterocycles. The first kappa shape index (κ1) is 16.4. The highest BCUT2D eigenvalue weighted by molar-refractivity contribution is 5.98. The second-order valence-electron chi connectivity index (χ2n) is 6.82. The molecule has 1 aliphatic rings.